The molecule has 1 aromatic rings. The maximum atomic E-state index is 8.85. The molecule has 0 aliphatic rings. The van der Waals surface area contributed by atoms with Crippen molar-refractivity contribution in [3.63, 3.8) is 0 Å². The van der Waals surface area contributed by atoms with E-state index < -0.39 is 0 Å². The molecule has 14 heavy (non-hydrogen) atoms. The van der Waals surface area contributed by atoms with Gasteiger partial charge in [-0.2, -0.15) is 5.26 Å². The Kier molecular flexibility index (Phi) is 4.48. The maximum Gasteiger partial charge on any atom is 0.114 e. The zero-order chi connectivity index (χ0) is 10.4. The van der Waals surface area contributed by atoms with Crippen LogP contribution in [0.3, 0.4) is 0 Å². The normalized spacial score (nSPS) is 11.8. The molecule has 1 atom stereocenters. The summed E-state index contributed by atoms with van der Waals surface area (Å²) in [5.74, 6) is 0. The van der Waals surface area contributed by atoms with Gasteiger partial charge in [-0.1, -0.05) is 29.3 Å². The van der Waals surface area contributed by atoms with Gasteiger partial charge in [0, 0.05) is 10.2 Å². The Bertz CT molecular complexity index is 313. The number of benzene rings is 1. The third-order valence-electron chi connectivity index (χ3n) is 1.92. The van der Waals surface area contributed by atoms with Gasteiger partial charge in [0.2, 0.25) is 0 Å². The van der Waals surface area contributed by atoms with Gasteiger partial charge in [0.1, 0.15) is 6.04 Å². The average molecular weight is 253 g/mol. The second-order valence-electron chi connectivity index (χ2n) is 3.12. The Hall–Kier alpha value is -1.01. The van der Waals surface area contributed by atoms with E-state index in [1.807, 2.05) is 24.3 Å². The Labute approximate surface area is 93.1 Å². The molecule has 1 N–H and O–H groups in total. The number of nitrogens with zero attached hydrogens (tertiary/aromatic N) is 1. The third-order valence-corrected chi connectivity index (χ3v) is 2.45. The summed E-state index contributed by atoms with van der Waals surface area (Å²) >= 11 is 3.37. The van der Waals surface area contributed by atoms with Gasteiger partial charge in [0.25, 0.3) is 0 Å². The molecule has 0 saturated heterocycles. The van der Waals surface area contributed by atoms with Crippen LogP contribution >= 0.6 is 15.9 Å². The first-order chi connectivity index (χ1) is 6.76. The largest absolute Gasteiger partial charge is 0.370 e. The molecular formula is C11H13BrN2. The van der Waals surface area contributed by atoms with Crippen LogP contribution in [-0.4, -0.2) is 6.04 Å². The molecule has 74 valence electrons. The minimum atomic E-state index is -0.0822. The van der Waals surface area contributed by atoms with Gasteiger partial charge >= 0.3 is 0 Å². The van der Waals surface area contributed by atoms with Crippen LogP contribution in [0.15, 0.2) is 28.7 Å². The van der Waals surface area contributed by atoms with Crippen LogP contribution in [0.4, 0.5) is 5.69 Å². The van der Waals surface area contributed by atoms with E-state index in [0.29, 0.717) is 0 Å². The van der Waals surface area contributed by atoms with Crippen molar-refractivity contribution < 1.29 is 0 Å². The number of nitrogens with one attached hydrogen (secondary N) is 1. The maximum absolute atomic E-state index is 8.85. The fourth-order valence-electron chi connectivity index (χ4n) is 1.20. The second kappa shape index (κ2) is 5.66. The first-order valence-electron chi connectivity index (χ1n) is 4.68. The zero-order valence-corrected chi connectivity index (χ0v) is 9.71. The molecule has 0 heterocycles. The molecule has 2 nitrogen and oxygen atoms in total. The Morgan fingerprint density at radius 1 is 1.43 bits per heavy atom. The van der Waals surface area contributed by atoms with Gasteiger partial charge in [-0.05, 0) is 30.7 Å². The smallest absolute Gasteiger partial charge is 0.114 e. The van der Waals surface area contributed by atoms with Gasteiger partial charge in [-0.25, -0.2) is 0 Å². The van der Waals surface area contributed by atoms with E-state index in [1.54, 1.807) is 0 Å². The third kappa shape index (κ3) is 3.39. The molecule has 0 aliphatic carbocycles. The first-order valence-corrected chi connectivity index (χ1v) is 5.47. The molecule has 1 aromatic carbocycles. The van der Waals surface area contributed by atoms with Crippen molar-refractivity contribution in [3.8, 4) is 6.07 Å². The van der Waals surface area contributed by atoms with Crippen LogP contribution in [0.5, 0.6) is 0 Å². The molecule has 0 spiro atoms. The molecule has 1 rings (SSSR count). The fraction of sp³-hybridized carbons (Fsp3) is 0.364. The lowest BCUT2D eigenvalue weighted by atomic mass is 10.2. The predicted octanol–water partition coefficient (Wildman–Crippen LogP) is 3.55. The molecule has 0 saturated carbocycles. The van der Waals surface area contributed by atoms with Crippen molar-refractivity contribution in [2.75, 3.05) is 5.32 Å². The molecule has 0 bridgehead atoms. The second-order valence-corrected chi connectivity index (χ2v) is 4.04. The van der Waals surface area contributed by atoms with Crippen molar-refractivity contribution in [3.05, 3.63) is 28.7 Å². The lowest BCUT2D eigenvalue weighted by Crippen LogP contribution is -2.16. The summed E-state index contributed by atoms with van der Waals surface area (Å²) in [5, 5.41) is 12.0. The van der Waals surface area contributed by atoms with Crippen LogP contribution in [0.25, 0.3) is 0 Å². The monoisotopic (exact) mass is 252 g/mol. The highest BCUT2D eigenvalue weighted by Gasteiger charge is 2.04. The standard InChI is InChI=1S/C11H13BrN2/c1-2-3-11(8-13)14-10-6-4-9(12)5-7-10/h4-7,11,14H,2-3H2,1H3. The van der Waals surface area contributed by atoms with E-state index >= 15 is 0 Å². The summed E-state index contributed by atoms with van der Waals surface area (Å²) in [6.07, 6.45) is 1.90. The number of hydrogen-bond acceptors (Lipinski definition) is 2. The Morgan fingerprint density at radius 3 is 2.57 bits per heavy atom. The van der Waals surface area contributed by atoms with Crippen LogP contribution < -0.4 is 5.32 Å². The van der Waals surface area contributed by atoms with Crippen LogP contribution in [0.1, 0.15) is 19.8 Å². The van der Waals surface area contributed by atoms with Crippen molar-refractivity contribution in [2.24, 2.45) is 0 Å². The summed E-state index contributed by atoms with van der Waals surface area (Å²) in [6.45, 7) is 2.08. The molecule has 0 amide bonds. The molecule has 0 aliphatic heterocycles. The summed E-state index contributed by atoms with van der Waals surface area (Å²) in [5.41, 5.74) is 0.994. The van der Waals surface area contributed by atoms with Crippen molar-refractivity contribution in [1.29, 1.82) is 5.26 Å². The van der Waals surface area contributed by atoms with Crippen LogP contribution in [0, 0.1) is 11.3 Å². The van der Waals surface area contributed by atoms with Gasteiger partial charge in [-0.3, -0.25) is 0 Å². The fourth-order valence-corrected chi connectivity index (χ4v) is 1.47. The van der Waals surface area contributed by atoms with E-state index in [1.165, 1.54) is 0 Å². The SMILES string of the molecule is CCCC(C#N)Nc1ccc(Br)cc1. The minimum absolute atomic E-state index is 0.0822. The molecule has 0 aromatic heterocycles. The summed E-state index contributed by atoms with van der Waals surface area (Å²) in [7, 11) is 0. The van der Waals surface area contributed by atoms with Crippen molar-refractivity contribution in [1.82, 2.24) is 0 Å². The van der Waals surface area contributed by atoms with E-state index in [9.17, 15) is 0 Å². The van der Waals surface area contributed by atoms with E-state index in [0.717, 1.165) is 23.0 Å². The zero-order valence-electron chi connectivity index (χ0n) is 8.13. The quantitative estimate of drug-likeness (QED) is 0.890. The molecule has 0 radical (unpaired) electrons. The van der Waals surface area contributed by atoms with E-state index in [4.69, 9.17) is 5.26 Å². The molecule has 0 fully saturated rings. The Balaban J connectivity index is 2.59. The number of hydrogen-bond donors (Lipinski definition) is 1. The highest BCUT2D eigenvalue weighted by atomic mass is 79.9. The Morgan fingerprint density at radius 2 is 2.07 bits per heavy atom. The first kappa shape index (κ1) is 11.1. The van der Waals surface area contributed by atoms with E-state index in [2.05, 4.69) is 34.2 Å². The van der Waals surface area contributed by atoms with Crippen LogP contribution in [-0.2, 0) is 0 Å². The number of anilines is 1. The van der Waals surface area contributed by atoms with Gasteiger partial charge in [-0.15, -0.1) is 0 Å². The molecule has 1 unspecified atom stereocenters. The highest BCUT2D eigenvalue weighted by Crippen LogP contribution is 2.15. The average Bonchev–Trinajstić information content (AvgIpc) is 2.20. The lowest BCUT2D eigenvalue weighted by Gasteiger charge is -2.11. The summed E-state index contributed by atoms with van der Waals surface area (Å²) < 4.78 is 1.05. The summed E-state index contributed by atoms with van der Waals surface area (Å²) in [6, 6.07) is 10.0. The number of halogens is 1. The van der Waals surface area contributed by atoms with Gasteiger partial charge in [0.15, 0.2) is 0 Å². The van der Waals surface area contributed by atoms with Crippen molar-refractivity contribution >= 4 is 21.6 Å². The predicted molar refractivity (Wildman–Crippen MR) is 62.1 cm³/mol. The van der Waals surface area contributed by atoms with Crippen LogP contribution in [0.2, 0.25) is 0 Å². The number of nitriles is 1. The van der Waals surface area contributed by atoms with Gasteiger partial charge < -0.3 is 5.32 Å². The highest BCUT2D eigenvalue weighted by molar-refractivity contribution is 9.10. The van der Waals surface area contributed by atoms with Crippen molar-refractivity contribution in [2.45, 2.75) is 25.8 Å². The topological polar surface area (TPSA) is 35.8 Å². The lowest BCUT2D eigenvalue weighted by molar-refractivity contribution is 0.748. The van der Waals surface area contributed by atoms with Gasteiger partial charge in [0.05, 0.1) is 6.07 Å². The molecule has 3 heteroatoms. The minimum Gasteiger partial charge on any atom is -0.370 e. The number of rotatable bonds is 4. The summed E-state index contributed by atoms with van der Waals surface area (Å²) in [4.78, 5) is 0. The molecular weight excluding hydrogens is 240 g/mol. The van der Waals surface area contributed by atoms with E-state index in [-0.39, 0.29) is 6.04 Å².